The fraction of sp³-hybridized carbons (Fsp3) is 0.500. The summed E-state index contributed by atoms with van der Waals surface area (Å²) in [7, 11) is 1.62. The summed E-state index contributed by atoms with van der Waals surface area (Å²) in [6.45, 7) is 11.3. The van der Waals surface area contributed by atoms with Gasteiger partial charge in [0.25, 0.3) is 17.4 Å². The van der Waals surface area contributed by atoms with Crippen LogP contribution in [-0.4, -0.2) is 187 Å². The molecule has 18 nitrogen and oxygen atoms in total. The van der Waals surface area contributed by atoms with E-state index in [0.717, 1.165) is 94.5 Å². The van der Waals surface area contributed by atoms with Gasteiger partial charge in [-0.1, -0.05) is 61.7 Å². The van der Waals surface area contributed by atoms with Crippen molar-refractivity contribution < 1.29 is 37.8 Å². The Balaban J connectivity index is 0.639. The van der Waals surface area contributed by atoms with Crippen LogP contribution in [0.4, 0.5) is 4.39 Å². The van der Waals surface area contributed by atoms with Crippen molar-refractivity contribution >= 4 is 40.3 Å². The molecule has 0 unspecified atom stereocenters. The summed E-state index contributed by atoms with van der Waals surface area (Å²) in [5.74, 6) is 0.912. The Morgan fingerprint density at radius 1 is 0.741 bits per heavy atom. The van der Waals surface area contributed by atoms with E-state index >= 15 is 4.39 Å². The van der Waals surface area contributed by atoms with Crippen molar-refractivity contribution in [3.8, 4) is 11.5 Å². The van der Waals surface area contributed by atoms with Crippen molar-refractivity contribution in [2.75, 3.05) is 112 Å². The number of likely N-dealkylation sites (tertiary alicyclic amines) is 2. The van der Waals surface area contributed by atoms with Crippen molar-refractivity contribution in [3.63, 3.8) is 0 Å². The molecule has 430 valence electrons. The molecule has 4 aromatic carbocycles. The molecular formula is C62H77FN10O8. The molecule has 0 spiro atoms. The molecular weight excluding hydrogens is 1030 g/mol. The summed E-state index contributed by atoms with van der Waals surface area (Å²) in [5, 5.41) is 14.5. The Morgan fingerprint density at radius 2 is 1.47 bits per heavy atom. The molecule has 5 amide bonds. The zero-order valence-corrected chi connectivity index (χ0v) is 46.8. The number of fused-ring (bicyclic) bond motifs is 1. The molecule has 1 atom stereocenters. The Hall–Kier alpha value is -7.22. The number of nitrogens with one attached hydrogen (secondary N) is 3. The minimum absolute atomic E-state index is 0.00573. The molecule has 5 aliphatic rings. The third-order valence-corrected chi connectivity index (χ3v) is 17.3. The molecule has 5 fully saturated rings. The number of piperidine rings is 1. The number of H-pyrrole nitrogens is 1. The maximum Gasteiger partial charge on any atom is 0.272 e. The number of hydrogen-bond acceptors (Lipinski definition) is 12. The Kier molecular flexibility index (Phi) is 18.7. The number of nitrogens with zero attached hydrogens (tertiary/aromatic N) is 7. The molecule has 0 bridgehead atoms. The van der Waals surface area contributed by atoms with E-state index in [4.69, 9.17) is 9.47 Å². The highest BCUT2D eigenvalue weighted by atomic mass is 19.1. The van der Waals surface area contributed by atoms with Crippen molar-refractivity contribution in [2.24, 2.45) is 11.8 Å². The van der Waals surface area contributed by atoms with Gasteiger partial charge in [-0.25, -0.2) is 9.49 Å². The minimum Gasteiger partial charge on any atom is -0.497 e. The van der Waals surface area contributed by atoms with Crippen LogP contribution in [0.2, 0.25) is 0 Å². The van der Waals surface area contributed by atoms with Gasteiger partial charge >= 0.3 is 0 Å². The third kappa shape index (κ3) is 13.9. The highest BCUT2D eigenvalue weighted by Crippen LogP contribution is 2.31. The average Bonchev–Trinajstić information content (AvgIpc) is 3.59. The van der Waals surface area contributed by atoms with E-state index in [1.165, 1.54) is 6.07 Å². The SMILES string of the molecule is CCOc1cc(OC)ccc1CNCC(=O)N1CC(c2cccc(C(=O)N[C@@H](C(=O)N3CCN(CC4CCN(CC(=O)N5CCN(C(=O)c6cc(Cc7n[nH]c(=O)c8ccccc78)ccc6F)CC5)CC4)CC3)C3CCCCC3)c2)C1. The fourth-order valence-corrected chi connectivity index (χ4v) is 12.4. The van der Waals surface area contributed by atoms with Gasteiger partial charge in [-0.05, 0) is 105 Å². The first kappa shape index (κ1) is 57.0. The van der Waals surface area contributed by atoms with Crippen LogP contribution in [0.5, 0.6) is 11.5 Å². The average molecular weight is 1110 g/mol. The van der Waals surface area contributed by atoms with Crippen LogP contribution in [-0.2, 0) is 27.3 Å². The first-order valence-corrected chi connectivity index (χ1v) is 29.2. The summed E-state index contributed by atoms with van der Waals surface area (Å²) < 4.78 is 26.3. The molecule has 0 radical (unpaired) electrons. The number of hydrogen-bond donors (Lipinski definition) is 3. The lowest BCUT2D eigenvalue weighted by Crippen LogP contribution is -2.57. The first-order valence-electron chi connectivity index (χ1n) is 29.2. The second-order valence-electron chi connectivity index (χ2n) is 22.5. The van der Waals surface area contributed by atoms with Gasteiger partial charge in [-0.15, -0.1) is 0 Å². The van der Waals surface area contributed by atoms with Crippen LogP contribution in [0.1, 0.15) is 101 Å². The number of methoxy groups -OCH3 is 1. The molecule has 10 rings (SSSR count). The van der Waals surface area contributed by atoms with E-state index < -0.39 is 17.8 Å². The maximum atomic E-state index is 15.2. The second-order valence-corrected chi connectivity index (χ2v) is 22.5. The molecule has 5 aromatic rings. The third-order valence-electron chi connectivity index (χ3n) is 17.3. The number of carbonyl (C=O) groups excluding carboxylic acids is 5. The van der Waals surface area contributed by atoms with Crippen molar-refractivity contribution in [2.45, 2.75) is 76.8 Å². The van der Waals surface area contributed by atoms with Crippen LogP contribution >= 0.6 is 0 Å². The van der Waals surface area contributed by atoms with E-state index in [2.05, 4.69) is 30.6 Å². The molecule has 1 aromatic heterocycles. The monoisotopic (exact) mass is 1110 g/mol. The fourth-order valence-electron chi connectivity index (χ4n) is 12.4. The number of amides is 5. The van der Waals surface area contributed by atoms with Gasteiger partial charge in [-0.2, -0.15) is 5.10 Å². The Bertz CT molecular complexity index is 3100. The van der Waals surface area contributed by atoms with Crippen molar-refractivity contribution in [3.05, 3.63) is 135 Å². The van der Waals surface area contributed by atoms with Gasteiger partial charge in [-0.3, -0.25) is 38.6 Å². The lowest BCUT2D eigenvalue weighted by atomic mass is 9.83. The molecule has 19 heteroatoms. The summed E-state index contributed by atoms with van der Waals surface area (Å²) >= 11 is 0. The quantitative estimate of drug-likeness (QED) is 0.0969. The van der Waals surface area contributed by atoms with E-state index in [-0.39, 0.29) is 53.1 Å². The largest absolute Gasteiger partial charge is 0.497 e. The van der Waals surface area contributed by atoms with Crippen LogP contribution < -0.4 is 25.7 Å². The standard InChI is InChI=1S/C62H77FN10O8/c1-3-81-55-35-49(80-2)18-17-47(55)36-64-37-56(74)73-39-48(40-73)45-12-9-13-46(34-45)59(76)65-58(44-10-5-4-6-11-44)62(79)72-26-24-69(25-27-72)38-42-20-22-68(23-21-42)41-57(75)70-28-30-71(31-29-70)61(78)52-32-43(16-19-53(52)63)33-54-50-14-7-8-15-51(50)60(77)67-66-54/h7-9,12-19,32,34-35,42,44,48,58,64H,3-6,10-11,20-31,33,36-41H2,1-2H3,(H,65,76)(H,67,77)/t58-/m1/s1. The topological polar surface area (TPSA) is 193 Å². The Morgan fingerprint density at radius 3 is 2.21 bits per heavy atom. The number of aromatic nitrogens is 2. The zero-order valence-electron chi connectivity index (χ0n) is 46.8. The normalized spacial score (nSPS) is 18.4. The van der Waals surface area contributed by atoms with Gasteiger partial charge in [0.05, 0.1) is 43.4 Å². The van der Waals surface area contributed by atoms with Crippen LogP contribution in [0.15, 0.2) is 89.7 Å². The number of benzene rings is 4. The number of aromatic amines is 1. The highest BCUT2D eigenvalue weighted by Gasteiger charge is 2.37. The van der Waals surface area contributed by atoms with E-state index in [9.17, 15) is 28.8 Å². The van der Waals surface area contributed by atoms with Gasteiger partial charge in [0.1, 0.15) is 23.4 Å². The lowest BCUT2D eigenvalue weighted by molar-refractivity contribution is -0.137. The molecule has 1 aliphatic carbocycles. The van der Waals surface area contributed by atoms with Gasteiger partial charge in [0, 0.05) is 113 Å². The predicted octanol–water partition coefficient (Wildman–Crippen LogP) is 5.30. The number of carbonyl (C=O) groups is 5. The van der Waals surface area contributed by atoms with E-state index in [1.807, 2.05) is 71.3 Å². The smallest absolute Gasteiger partial charge is 0.272 e. The van der Waals surface area contributed by atoms with Crippen LogP contribution in [0, 0.1) is 17.7 Å². The van der Waals surface area contributed by atoms with Crippen molar-refractivity contribution in [1.29, 1.82) is 0 Å². The summed E-state index contributed by atoms with van der Waals surface area (Å²) in [4.78, 5) is 93.0. The second kappa shape index (κ2) is 26.6. The van der Waals surface area contributed by atoms with Gasteiger partial charge < -0.3 is 39.7 Å². The zero-order chi connectivity index (χ0) is 56.4. The summed E-state index contributed by atoms with van der Waals surface area (Å²) in [5.41, 5.74) is 3.48. The first-order chi connectivity index (χ1) is 39.4. The molecule has 4 saturated heterocycles. The van der Waals surface area contributed by atoms with Crippen LogP contribution in [0.25, 0.3) is 10.8 Å². The van der Waals surface area contributed by atoms with Crippen LogP contribution in [0.3, 0.4) is 0 Å². The number of rotatable bonds is 19. The number of ether oxygens (including phenoxy) is 2. The molecule has 4 aliphatic heterocycles. The summed E-state index contributed by atoms with van der Waals surface area (Å²) in [6, 6.07) is 24.4. The highest BCUT2D eigenvalue weighted by molar-refractivity contribution is 5.98. The van der Waals surface area contributed by atoms with Gasteiger partial charge in [0.15, 0.2) is 0 Å². The molecule has 3 N–H and O–H groups in total. The maximum absolute atomic E-state index is 15.2. The van der Waals surface area contributed by atoms with Gasteiger partial charge in [0.2, 0.25) is 17.7 Å². The summed E-state index contributed by atoms with van der Waals surface area (Å²) in [6.07, 6.45) is 7.29. The van der Waals surface area contributed by atoms with E-state index in [1.54, 1.807) is 41.2 Å². The van der Waals surface area contributed by atoms with Crippen molar-refractivity contribution in [1.82, 2.24) is 50.2 Å². The van der Waals surface area contributed by atoms with E-state index in [0.29, 0.717) is 118 Å². The minimum atomic E-state index is -0.610. The molecule has 1 saturated carbocycles. The number of halogens is 1. The number of piperazine rings is 2. The molecule has 5 heterocycles. The Labute approximate surface area is 473 Å². The lowest BCUT2D eigenvalue weighted by Gasteiger charge is -2.41. The molecule has 81 heavy (non-hydrogen) atoms. The predicted molar refractivity (Wildman–Crippen MR) is 306 cm³/mol.